The number of carbonyl (C=O) groups excluding carboxylic acids is 2. The van der Waals surface area contributed by atoms with Crippen molar-refractivity contribution in [2.45, 2.75) is 26.4 Å². The molecule has 1 amide bonds. The number of benzene rings is 1. The molecule has 3 aromatic rings. The van der Waals surface area contributed by atoms with Gasteiger partial charge in [-0.2, -0.15) is 0 Å². The summed E-state index contributed by atoms with van der Waals surface area (Å²) in [6.45, 7) is 4.22. The van der Waals surface area contributed by atoms with Crippen LogP contribution in [0.2, 0.25) is 0 Å². The van der Waals surface area contributed by atoms with Crippen LogP contribution in [0.1, 0.15) is 35.1 Å². The van der Waals surface area contributed by atoms with E-state index in [1.165, 1.54) is 0 Å². The van der Waals surface area contributed by atoms with Crippen LogP contribution in [0.25, 0.3) is 11.0 Å². The Labute approximate surface area is 148 Å². The number of hydrogen-bond donors (Lipinski definition) is 1. The van der Waals surface area contributed by atoms with Gasteiger partial charge in [-0.25, -0.2) is 9.48 Å². The molecule has 0 fully saturated rings. The topological polar surface area (TPSA) is 86.1 Å². The van der Waals surface area contributed by atoms with Crippen LogP contribution >= 0.6 is 11.3 Å². The van der Waals surface area contributed by atoms with Gasteiger partial charge < -0.3 is 10.1 Å². The standard InChI is InChI=1S/C17H18N4O3S/c1-3-21-14-7-6-12(9-13(14)19-20-21)17(23)24-10-16(22)18-11(2)15-5-4-8-25-15/h4-9,11H,3,10H2,1-2H3,(H,18,22)/t11-/m1/s1. The van der Waals surface area contributed by atoms with Crippen LogP contribution in [0.15, 0.2) is 35.7 Å². The Morgan fingerprint density at radius 2 is 2.20 bits per heavy atom. The number of nitrogens with one attached hydrogen (secondary N) is 1. The van der Waals surface area contributed by atoms with Gasteiger partial charge in [0.2, 0.25) is 0 Å². The van der Waals surface area contributed by atoms with Crippen molar-refractivity contribution < 1.29 is 14.3 Å². The number of ether oxygens (including phenoxy) is 1. The molecule has 25 heavy (non-hydrogen) atoms. The van der Waals surface area contributed by atoms with Crippen LogP contribution in [-0.4, -0.2) is 33.5 Å². The third kappa shape index (κ3) is 3.85. The Morgan fingerprint density at radius 3 is 2.92 bits per heavy atom. The molecule has 130 valence electrons. The summed E-state index contributed by atoms with van der Waals surface area (Å²) in [4.78, 5) is 25.1. The summed E-state index contributed by atoms with van der Waals surface area (Å²) in [5.41, 5.74) is 1.81. The molecule has 0 saturated carbocycles. The lowest BCUT2D eigenvalue weighted by molar-refractivity contribution is -0.124. The zero-order valence-corrected chi connectivity index (χ0v) is 14.7. The van der Waals surface area contributed by atoms with Crippen molar-refractivity contribution in [3.63, 3.8) is 0 Å². The molecule has 0 aliphatic rings. The minimum Gasteiger partial charge on any atom is -0.452 e. The maximum atomic E-state index is 12.1. The van der Waals surface area contributed by atoms with E-state index < -0.39 is 5.97 Å². The van der Waals surface area contributed by atoms with Crippen LogP contribution in [0.4, 0.5) is 0 Å². The van der Waals surface area contributed by atoms with E-state index >= 15 is 0 Å². The third-order valence-corrected chi connectivity index (χ3v) is 4.79. The van der Waals surface area contributed by atoms with Crippen LogP contribution in [0, 0.1) is 0 Å². The first kappa shape index (κ1) is 17.1. The maximum absolute atomic E-state index is 12.1. The number of amides is 1. The average Bonchev–Trinajstić information content (AvgIpc) is 3.28. The molecule has 0 unspecified atom stereocenters. The molecule has 8 heteroatoms. The van der Waals surface area contributed by atoms with Crippen molar-refractivity contribution in [1.82, 2.24) is 20.3 Å². The van der Waals surface area contributed by atoms with E-state index in [0.29, 0.717) is 17.6 Å². The normalized spacial score (nSPS) is 12.1. The summed E-state index contributed by atoms with van der Waals surface area (Å²) in [7, 11) is 0. The number of aromatic nitrogens is 3. The summed E-state index contributed by atoms with van der Waals surface area (Å²) < 4.78 is 6.83. The van der Waals surface area contributed by atoms with Crippen molar-refractivity contribution in [2.75, 3.05) is 6.61 Å². The van der Waals surface area contributed by atoms with Gasteiger partial charge in [0.25, 0.3) is 5.91 Å². The van der Waals surface area contributed by atoms with E-state index in [4.69, 9.17) is 4.74 Å². The van der Waals surface area contributed by atoms with Gasteiger partial charge in [0.05, 0.1) is 17.1 Å². The number of rotatable bonds is 6. The Bertz CT molecular complexity index is 889. The lowest BCUT2D eigenvalue weighted by Crippen LogP contribution is -2.30. The van der Waals surface area contributed by atoms with Crippen LogP contribution < -0.4 is 5.32 Å². The maximum Gasteiger partial charge on any atom is 0.338 e. The second-order valence-corrected chi connectivity index (χ2v) is 6.47. The largest absolute Gasteiger partial charge is 0.452 e. The minimum absolute atomic E-state index is 0.119. The van der Waals surface area contributed by atoms with Gasteiger partial charge in [0.15, 0.2) is 6.61 Å². The number of fused-ring (bicyclic) bond motifs is 1. The fourth-order valence-corrected chi connectivity index (χ4v) is 3.17. The lowest BCUT2D eigenvalue weighted by Gasteiger charge is -2.12. The van der Waals surface area contributed by atoms with Gasteiger partial charge >= 0.3 is 5.97 Å². The summed E-state index contributed by atoms with van der Waals surface area (Å²) >= 11 is 1.56. The number of aryl methyl sites for hydroxylation is 1. The van der Waals surface area contributed by atoms with Gasteiger partial charge in [-0.15, -0.1) is 16.4 Å². The summed E-state index contributed by atoms with van der Waals surface area (Å²) in [6, 6.07) is 8.78. The molecule has 0 bridgehead atoms. The molecule has 0 saturated heterocycles. The monoisotopic (exact) mass is 358 g/mol. The minimum atomic E-state index is -0.563. The van der Waals surface area contributed by atoms with Crippen molar-refractivity contribution in [2.24, 2.45) is 0 Å². The predicted octanol–water partition coefficient (Wildman–Crippen LogP) is 2.55. The Balaban J connectivity index is 1.57. The van der Waals surface area contributed by atoms with Gasteiger partial charge in [-0.3, -0.25) is 4.79 Å². The first-order valence-corrected chi connectivity index (χ1v) is 8.79. The smallest absolute Gasteiger partial charge is 0.338 e. The predicted molar refractivity (Wildman–Crippen MR) is 94.4 cm³/mol. The second-order valence-electron chi connectivity index (χ2n) is 5.49. The highest BCUT2D eigenvalue weighted by Crippen LogP contribution is 2.18. The zero-order chi connectivity index (χ0) is 17.8. The van der Waals surface area contributed by atoms with E-state index in [0.717, 1.165) is 10.4 Å². The SMILES string of the molecule is CCn1nnc2cc(C(=O)OCC(=O)N[C@H](C)c3cccs3)ccc21. The van der Waals surface area contributed by atoms with Crippen molar-refractivity contribution in [3.8, 4) is 0 Å². The Morgan fingerprint density at radius 1 is 1.36 bits per heavy atom. The molecule has 1 aromatic carbocycles. The van der Waals surface area contributed by atoms with E-state index in [2.05, 4.69) is 15.6 Å². The van der Waals surface area contributed by atoms with Crippen molar-refractivity contribution >= 4 is 34.2 Å². The van der Waals surface area contributed by atoms with Crippen LogP contribution in [0.5, 0.6) is 0 Å². The molecular formula is C17H18N4O3S. The highest BCUT2D eigenvalue weighted by atomic mass is 32.1. The van der Waals surface area contributed by atoms with E-state index in [9.17, 15) is 9.59 Å². The van der Waals surface area contributed by atoms with E-state index in [1.807, 2.05) is 31.4 Å². The highest BCUT2D eigenvalue weighted by Gasteiger charge is 2.15. The van der Waals surface area contributed by atoms with E-state index in [1.54, 1.807) is 34.2 Å². The highest BCUT2D eigenvalue weighted by molar-refractivity contribution is 7.10. The van der Waals surface area contributed by atoms with Crippen molar-refractivity contribution in [3.05, 3.63) is 46.2 Å². The summed E-state index contributed by atoms with van der Waals surface area (Å²) in [6.07, 6.45) is 0. The van der Waals surface area contributed by atoms with Gasteiger partial charge in [-0.05, 0) is 43.5 Å². The third-order valence-electron chi connectivity index (χ3n) is 3.73. The Kier molecular flexibility index (Phi) is 5.08. The van der Waals surface area contributed by atoms with Crippen LogP contribution in [-0.2, 0) is 16.1 Å². The lowest BCUT2D eigenvalue weighted by atomic mass is 10.2. The molecule has 0 spiro atoms. The molecule has 0 radical (unpaired) electrons. The van der Waals surface area contributed by atoms with Crippen molar-refractivity contribution in [1.29, 1.82) is 0 Å². The Hall–Kier alpha value is -2.74. The number of thiophene rings is 1. The summed E-state index contributed by atoms with van der Waals surface area (Å²) in [5.74, 6) is -0.904. The molecule has 2 aromatic heterocycles. The number of nitrogens with zero attached hydrogens (tertiary/aromatic N) is 3. The van der Waals surface area contributed by atoms with E-state index in [-0.39, 0.29) is 18.6 Å². The molecule has 2 heterocycles. The molecule has 3 rings (SSSR count). The first-order chi connectivity index (χ1) is 12.1. The fourth-order valence-electron chi connectivity index (χ4n) is 2.44. The molecule has 1 N–H and O–H groups in total. The quantitative estimate of drug-likeness (QED) is 0.685. The van der Waals surface area contributed by atoms with Crippen LogP contribution in [0.3, 0.4) is 0 Å². The molecule has 0 aliphatic carbocycles. The summed E-state index contributed by atoms with van der Waals surface area (Å²) in [5, 5.41) is 12.8. The fraction of sp³-hybridized carbons (Fsp3) is 0.294. The number of carbonyl (C=O) groups is 2. The average molecular weight is 358 g/mol. The zero-order valence-electron chi connectivity index (χ0n) is 13.9. The second kappa shape index (κ2) is 7.43. The molecule has 1 atom stereocenters. The van der Waals surface area contributed by atoms with Gasteiger partial charge in [0.1, 0.15) is 5.52 Å². The number of esters is 1. The molecular weight excluding hydrogens is 340 g/mol. The molecule has 0 aliphatic heterocycles. The first-order valence-electron chi connectivity index (χ1n) is 7.91. The molecule has 7 nitrogen and oxygen atoms in total. The van der Waals surface area contributed by atoms with Gasteiger partial charge in [-0.1, -0.05) is 11.3 Å². The number of hydrogen-bond acceptors (Lipinski definition) is 6. The van der Waals surface area contributed by atoms with Gasteiger partial charge in [0, 0.05) is 11.4 Å².